The molecule has 1 atom stereocenters. The lowest BCUT2D eigenvalue weighted by atomic mass is 10.0. The summed E-state index contributed by atoms with van der Waals surface area (Å²) in [5.41, 5.74) is 0. The summed E-state index contributed by atoms with van der Waals surface area (Å²) >= 11 is 0. The maximum Gasteiger partial charge on any atom is 0.245 e. The summed E-state index contributed by atoms with van der Waals surface area (Å²) in [4.78, 5) is 13.5. The third-order valence-corrected chi connectivity index (χ3v) is 17.0. The van der Waals surface area contributed by atoms with Crippen molar-refractivity contribution in [2.45, 2.75) is 109 Å². The van der Waals surface area contributed by atoms with E-state index < -0.39 is 16.4 Å². The predicted octanol–water partition coefficient (Wildman–Crippen LogP) is 6.63. The van der Waals surface area contributed by atoms with E-state index in [0.717, 1.165) is 25.8 Å². The van der Waals surface area contributed by atoms with Crippen LogP contribution in [0.4, 0.5) is 0 Å². The summed E-state index contributed by atoms with van der Waals surface area (Å²) in [6.45, 7) is 25.8. The van der Waals surface area contributed by atoms with Gasteiger partial charge in [-0.25, -0.2) is 0 Å². The van der Waals surface area contributed by atoms with Crippen molar-refractivity contribution in [1.82, 2.24) is 4.90 Å². The molecule has 0 heterocycles. The molecule has 0 aromatic heterocycles. The van der Waals surface area contributed by atoms with E-state index in [1.54, 1.807) is 4.90 Å². The third kappa shape index (κ3) is 7.17. The maximum atomic E-state index is 11.7. The van der Waals surface area contributed by atoms with Crippen molar-refractivity contribution in [3.05, 3.63) is 12.7 Å². The molecule has 3 nitrogen and oxygen atoms in total. The first kappa shape index (κ1) is 26.6. The average molecular weight is 414 g/mol. The Morgan fingerprint density at radius 3 is 2.11 bits per heavy atom. The van der Waals surface area contributed by atoms with Gasteiger partial charge < -0.3 is 9.33 Å². The van der Waals surface area contributed by atoms with Gasteiger partial charge in [-0.1, -0.05) is 65.8 Å². The fourth-order valence-electron chi connectivity index (χ4n) is 3.69. The SMILES string of the molecule is C=CC(=O)N(C)CCCC(C)(CC)[Si](C)(C)OC(C)(C)[Si](C)(C)CCCC. The highest BCUT2D eigenvalue weighted by atomic mass is 28.4. The Hall–Kier alpha value is -0.396. The molecule has 0 saturated heterocycles. The molecule has 5 heteroatoms. The summed E-state index contributed by atoms with van der Waals surface area (Å²) < 4.78 is 7.07. The van der Waals surface area contributed by atoms with Gasteiger partial charge in [-0.2, -0.15) is 0 Å². The van der Waals surface area contributed by atoms with Gasteiger partial charge in [-0.05, 0) is 50.9 Å². The van der Waals surface area contributed by atoms with Crippen LogP contribution in [0.15, 0.2) is 12.7 Å². The maximum absolute atomic E-state index is 11.7. The number of likely N-dealkylation sites (N-methyl/N-ethyl adjacent to an activating group) is 1. The number of rotatable bonds is 13. The fourth-order valence-corrected chi connectivity index (χ4v) is 10.6. The largest absolute Gasteiger partial charge is 0.415 e. The molecule has 1 amide bonds. The van der Waals surface area contributed by atoms with Crippen molar-refractivity contribution in [2.24, 2.45) is 0 Å². The van der Waals surface area contributed by atoms with E-state index in [-0.39, 0.29) is 16.2 Å². The van der Waals surface area contributed by atoms with Crippen LogP contribution in [0.25, 0.3) is 0 Å². The predicted molar refractivity (Wildman–Crippen MR) is 126 cm³/mol. The lowest BCUT2D eigenvalue weighted by Crippen LogP contribution is -2.59. The Balaban J connectivity index is 5.18. The summed E-state index contributed by atoms with van der Waals surface area (Å²) in [6, 6.07) is 1.33. The lowest BCUT2D eigenvalue weighted by Gasteiger charge is -2.51. The molecular weight excluding hydrogens is 366 g/mol. The van der Waals surface area contributed by atoms with Gasteiger partial charge in [0.1, 0.15) is 0 Å². The second-order valence-corrected chi connectivity index (χ2v) is 20.0. The molecule has 0 radical (unpaired) electrons. The minimum absolute atomic E-state index is 0.00534. The van der Waals surface area contributed by atoms with Crippen LogP contribution in [0, 0.1) is 0 Å². The molecule has 0 fully saturated rings. The molecule has 0 N–H and O–H groups in total. The van der Waals surface area contributed by atoms with Gasteiger partial charge >= 0.3 is 0 Å². The highest BCUT2D eigenvalue weighted by molar-refractivity contribution is 6.82. The Morgan fingerprint density at radius 1 is 1.11 bits per heavy atom. The first-order valence-corrected chi connectivity index (χ1v) is 16.9. The van der Waals surface area contributed by atoms with Gasteiger partial charge in [0.05, 0.1) is 8.07 Å². The Kier molecular flexibility index (Phi) is 10.2. The number of hydrogen-bond acceptors (Lipinski definition) is 2. The molecule has 0 aliphatic rings. The molecule has 0 spiro atoms. The molecule has 0 aliphatic heterocycles. The number of amides is 1. The molecule has 0 saturated carbocycles. The summed E-state index contributed by atoms with van der Waals surface area (Å²) in [6.07, 6.45) is 7.20. The van der Waals surface area contributed by atoms with Gasteiger partial charge in [-0.3, -0.25) is 4.79 Å². The van der Waals surface area contributed by atoms with E-state index in [9.17, 15) is 4.79 Å². The van der Waals surface area contributed by atoms with Gasteiger partial charge in [0, 0.05) is 18.8 Å². The Labute approximate surface area is 172 Å². The molecule has 0 aromatic rings. The Morgan fingerprint density at radius 2 is 1.67 bits per heavy atom. The number of unbranched alkanes of at least 4 members (excludes halogenated alkanes) is 1. The van der Waals surface area contributed by atoms with Gasteiger partial charge in [0.15, 0.2) is 8.32 Å². The first-order chi connectivity index (χ1) is 12.2. The van der Waals surface area contributed by atoms with Crippen LogP contribution in [0.5, 0.6) is 0 Å². The van der Waals surface area contributed by atoms with E-state index in [1.807, 2.05) is 7.05 Å². The standard InChI is InChI=1S/C22H47NO2Si2/c1-12-15-19-26(8,9)21(4,5)25-27(10,11)22(6,14-3)17-16-18-23(7)20(24)13-2/h13H,2,12,14-19H2,1,3-11H3. The summed E-state index contributed by atoms with van der Waals surface area (Å²) in [5, 5.41) is 0.196. The molecule has 0 aromatic carbocycles. The van der Waals surface area contributed by atoms with E-state index >= 15 is 0 Å². The second-order valence-electron chi connectivity index (χ2n) is 10.1. The van der Waals surface area contributed by atoms with Crippen molar-refractivity contribution < 1.29 is 9.22 Å². The van der Waals surface area contributed by atoms with Gasteiger partial charge in [-0.15, -0.1) is 0 Å². The number of nitrogens with zero attached hydrogens (tertiary/aromatic N) is 1. The quantitative estimate of drug-likeness (QED) is 0.250. The average Bonchev–Trinajstić information content (AvgIpc) is 2.57. The minimum atomic E-state index is -1.94. The summed E-state index contributed by atoms with van der Waals surface area (Å²) in [7, 11) is -1.55. The topological polar surface area (TPSA) is 29.5 Å². The monoisotopic (exact) mass is 413 g/mol. The molecule has 0 aliphatic carbocycles. The van der Waals surface area contributed by atoms with Crippen molar-refractivity contribution in [1.29, 1.82) is 0 Å². The van der Waals surface area contributed by atoms with E-state index in [0.29, 0.717) is 0 Å². The molecule has 27 heavy (non-hydrogen) atoms. The van der Waals surface area contributed by atoms with Crippen molar-refractivity contribution in [3.63, 3.8) is 0 Å². The van der Waals surface area contributed by atoms with Crippen LogP contribution in [0.2, 0.25) is 37.3 Å². The van der Waals surface area contributed by atoms with Crippen molar-refractivity contribution >= 4 is 22.3 Å². The zero-order valence-corrected chi connectivity index (χ0v) is 22.0. The number of hydrogen-bond donors (Lipinski definition) is 0. The molecule has 0 rings (SSSR count). The number of carbonyl (C=O) groups is 1. The van der Waals surface area contributed by atoms with E-state index in [1.165, 1.54) is 25.0 Å². The van der Waals surface area contributed by atoms with E-state index in [4.69, 9.17) is 4.43 Å². The normalized spacial score (nSPS) is 15.3. The van der Waals surface area contributed by atoms with Crippen molar-refractivity contribution in [3.8, 4) is 0 Å². The fraction of sp³-hybridized carbons (Fsp3) is 0.864. The summed E-state index contributed by atoms with van der Waals surface area (Å²) in [5.74, 6) is 0.00534. The van der Waals surface area contributed by atoms with Crippen LogP contribution < -0.4 is 0 Å². The second kappa shape index (κ2) is 10.4. The Bertz CT molecular complexity index is 489. The van der Waals surface area contributed by atoms with Crippen LogP contribution in [-0.4, -0.2) is 46.0 Å². The highest BCUT2D eigenvalue weighted by Crippen LogP contribution is 2.48. The van der Waals surface area contributed by atoms with Crippen LogP contribution >= 0.6 is 0 Å². The molecule has 1 unspecified atom stereocenters. The van der Waals surface area contributed by atoms with Crippen LogP contribution in [0.3, 0.4) is 0 Å². The van der Waals surface area contributed by atoms with Crippen LogP contribution in [0.1, 0.15) is 66.7 Å². The van der Waals surface area contributed by atoms with Crippen molar-refractivity contribution in [2.75, 3.05) is 13.6 Å². The zero-order chi connectivity index (χ0) is 21.5. The first-order valence-electron chi connectivity index (χ1n) is 10.8. The van der Waals surface area contributed by atoms with Gasteiger partial charge in [0.2, 0.25) is 5.91 Å². The smallest absolute Gasteiger partial charge is 0.245 e. The third-order valence-electron chi connectivity index (χ3n) is 7.30. The molecule has 160 valence electrons. The van der Waals surface area contributed by atoms with E-state index in [2.05, 4.69) is 67.4 Å². The van der Waals surface area contributed by atoms with Crippen LogP contribution in [-0.2, 0) is 9.22 Å². The molecule has 0 bridgehead atoms. The number of carbonyl (C=O) groups excluding carboxylic acids is 1. The molecular formula is C22H47NO2Si2. The van der Waals surface area contributed by atoms with Gasteiger partial charge in [0.25, 0.3) is 0 Å². The lowest BCUT2D eigenvalue weighted by molar-refractivity contribution is -0.124. The minimum Gasteiger partial charge on any atom is -0.415 e. The zero-order valence-electron chi connectivity index (χ0n) is 20.0. The highest BCUT2D eigenvalue weighted by Gasteiger charge is 2.50.